The molecule has 1 aromatic heterocycles. The predicted molar refractivity (Wildman–Crippen MR) is 65.8 cm³/mol. The maximum atomic E-state index is 5.62. The lowest BCUT2D eigenvalue weighted by Gasteiger charge is -2.04. The molecule has 0 aliphatic heterocycles. The van der Waals surface area contributed by atoms with E-state index in [2.05, 4.69) is 43.1 Å². The Morgan fingerprint density at radius 3 is 2.62 bits per heavy atom. The molecule has 16 heavy (non-hydrogen) atoms. The summed E-state index contributed by atoms with van der Waals surface area (Å²) in [6.07, 6.45) is 3.88. The van der Waals surface area contributed by atoms with Crippen LogP contribution in [0.4, 0.5) is 0 Å². The molecule has 3 heteroatoms. The second-order valence-corrected chi connectivity index (χ2v) is 4.18. The molecule has 1 heterocycles. The summed E-state index contributed by atoms with van der Waals surface area (Å²) in [5, 5.41) is 0. The molecule has 1 aromatic carbocycles. The number of nitrogens with zero attached hydrogens (tertiary/aromatic N) is 2. The molecule has 0 fully saturated rings. The molecule has 0 saturated carbocycles. The van der Waals surface area contributed by atoms with Gasteiger partial charge in [0, 0.05) is 24.3 Å². The quantitative estimate of drug-likeness (QED) is 0.853. The van der Waals surface area contributed by atoms with Crippen LogP contribution in [-0.4, -0.2) is 16.1 Å². The Balaban J connectivity index is 2.28. The standard InChI is InChI=1S/C13H17N3/c1-10-3-5-12(6-4-10)16-8-13(15-9-16)11(2)7-14/h3-6,8-9,11H,7,14H2,1-2H3. The molecule has 0 aliphatic rings. The Kier molecular flexibility index (Phi) is 3.06. The minimum Gasteiger partial charge on any atom is -0.330 e. The number of nitrogens with two attached hydrogens (primary N) is 1. The summed E-state index contributed by atoms with van der Waals surface area (Å²) >= 11 is 0. The van der Waals surface area contributed by atoms with Gasteiger partial charge in [-0.25, -0.2) is 4.98 Å². The van der Waals surface area contributed by atoms with Crippen LogP contribution in [0.1, 0.15) is 24.1 Å². The first-order valence-electron chi connectivity index (χ1n) is 5.51. The predicted octanol–water partition coefficient (Wildman–Crippen LogP) is 2.24. The molecular formula is C13H17N3. The average Bonchev–Trinajstić information content (AvgIpc) is 2.78. The number of aromatic nitrogens is 2. The van der Waals surface area contributed by atoms with Crippen molar-refractivity contribution in [3.8, 4) is 5.69 Å². The van der Waals surface area contributed by atoms with Crippen LogP contribution in [0.15, 0.2) is 36.8 Å². The van der Waals surface area contributed by atoms with Crippen LogP contribution < -0.4 is 5.73 Å². The maximum Gasteiger partial charge on any atom is 0.0995 e. The Bertz CT molecular complexity index is 456. The lowest BCUT2D eigenvalue weighted by atomic mass is 10.1. The topological polar surface area (TPSA) is 43.8 Å². The van der Waals surface area contributed by atoms with Crippen LogP contribution in [0, 0.1) is 6.92 Å². The summed E-state index contributed by atoms with van der Waals surface area (Å²) in [5.74, 6) is 0.312. The monoisotopic (exact) mass is 215 g/mol. The number of benzene rings is 1. The summed E-state index contributed by atoms with van der Waals surface area (Å²) in [5.41, 5.74) is 9.06. The summed E-state index contributed by atoms with van der Waals surface area (Å²) in [6.45, 7) is 4.80. The molecule has 84 valence electrons. The third kappa shape index (κ3) is 2.14. The Labute approximate surface area is 95.9 Å². The van der Waals surface area contributed by atoms with Crippen molar-refractivity contribution in [3.05, 3.63) is 48.0 Å². The van der Waals surface area contributed by atoms with Crippen molar-refractivity contribution in [3.63, 3.8) is 0 Å². The fourth-order valence-electron chi connectivity index (χ4n) is 1.57. The van der Waals surface area contributed by atoms with Crippen molar-refractivity contribution in [1.82, 2.24) is 9.55 Å². The third-order valence-corrected chi connectivity index (χ3v) is 2.79. The molecule has 0 radical (unpaired) electrons. The highest BCUT2D eigenvalue weighted by molar-refractivity contribution is 5.34. The van der Waals surface area contributed by atoms with Crippen LogP contribution >= 0.6 is 0 Å². The molecular weight excluding hydrogens is 198 g/mol. The number of hydrogen-bond donors (Lipinski definition) is 1. The zero-order chi connectivity index (χ0) is 11.5. The van der Waals surface area contributed by atoms with Crippen molar-refractivity contribution in [2.45, 2.75) is 19.8 Å². The van der Waals surface area contributed by atoms with Crippen LogP contribution in [0.2, 0.25) is 0 Å². The van der Waals surface area contributed by atoms with Crippen LogP contribution in [-0.2, 0) is 0 Å². The number of aryl methyl sites for hydroxylation is 1. The maximum absolute atomic E-state index is 5.62. The fraction of sp³-hybridized carbons (Fsp3) is 0.308. The lowest BCUT2D eigenvalue weighted by Crippen LogP contribution is -2.08. The molecule has 1 atom stereocenters. The number of rotatable bonds is 3. The second kappa shape index (κ2) is 4.49. The van der Waals surface area contributed by atoms with E-state index in [-0.39, 0.29) is 0 Å². The van der Waals surface area contributed by atoms with Crippen molar-refractivity contribution in [1.29, 1.82) is 0 Å². The fourth-order valence-corrected chi connectivity index (χ4v) is 1.57. The van der Waals surface area contributed by atoms with Gasteiger partial charge in [0.2, 0.25) is 0 Å². The van der Waals surface area contributed by atoms with E-state index >= 15 is 0 Å². The van der Waals surface area contributed by atoms with Gasteiger partial charge in [0.25, 0.3) is 0 Å². The van der Waals surface area contributed by atoms with Crippen molar-refractivity contribution in [2.75, 3.05) is 6.54 Å². The largest absolute Gasteiger partial charge is 0.330 e. The zero-order valence-corrected chi connectivity index (χ0v) is 9.72. The van der Waals surface area contributed by atoms with Crippen molar-refractivity contribution >= 4 is 0 Å². The molecule has 2 N–H and O–H groups in total. The van der Waals surface area contributed by atoms with Crippen LogP contribution in [0.5, 0.6) is 0 Å². The summed E-state index contributed by atoms with van der Waals surface area (Å²) < 4.78 is 2.03. The highest BCUT2D eigenvalue weighted by Gasteiger charge is 2.07. The van der Waals surface area contributed by atoms with Crippen molar-refractivity contribution in [2.24, 2.45) is 5.73 Å². The molecule has 0 aliphatic carbocycles. The summed E-state index contributed by atoms with van der Waals surface area (Å²) in [6, 6.07) is 8.38. The molecule has 0 bridgehead atoms. The van der Waals surface area contributed by atoms with E-state index in [0.29, 0.717) is 12.5 Å². The molecule has 0 saturated heterocycles. The summed E-state index contributed by atoms with van der Waals surface area (Å²) in [7, 11) is 0. The van der Waals surface area contributed by atoms with E-state index in [0.717, 1.165) is 11.4 Å². The molecule has 1 unspecified atom stereocenters. The SMILES string of the molecule is Cc1ccc(-n2cnc(C(C)CN)c2)cc1. The molecule has 0 amide bonds. The average molecular weight is 215 g/mol. The van der Waals surface area contributed by atoms with Crippen LogP contribution in [0.25, 0.3) is 5.69 Å². The molecule has 0 spiro atoms. The van der Waals surface area contributed by atoms with Crippen LogP contribution in [0.3, 0.4) is 0 Å². The minimum absolute atomic E-state index is 0.312. The Hall–Kier alpha value is -1.61. The number of hydrogen-bond acceptors (Lipinski definition) is 2. The van der Waals surface area contributed by atoms with Gasteiger partial charge in [0.1, 0.15) is 0 Å². The first-order chi connectivity index (χ1) is 7.70. The third-order valence-electron chi connectivity index (χ3n) is 2.79. The van der Waals surface area contributed by atoms with E-state index in [4.69, 9.17) is 5.73 Å². The molecule has 2 rings (SSSR count). The van der Waals surface area contributed by atoms with Crippen molar-refractivity contribution < 1.29 is 0 Å². The van der Waals surface area contributed by atoms with Gasteiger partial charge >= 0.3 is 0 Å². The van der Waals surface area contributed by atoms with Gasteiger partial charge in [-0.05, 0) is 19.1 Å². The van der Waals surface area contributed by atoms with Gasteiger partial charge in [0.15, 0.2) is 0 Å². The highest BCUT2D eigenvalue weighted by Crippen LogP contribution is 2.14. The van der Waals surface area contributed by atoms with Gasteiger partial charge in [-0.2, -0.15) is 0 Å². The minimum atomic E-state index is 0.312. The van der Waals surface area contributed by atoms with E-state index in [1.165, 1.54) is 5.56 Å². The Morgan fingerprint density at radius 1 is 1.31 bits per heavy atom. The van der Waals surface area contributed by atoms with Gasteiger partial charge in [-0.3, -0.25) is 0 Å². The highest BCUT2D eigenvalue weighted by atomic mass is 15.0. The first kappa shape index (κ1) is 10.9. The number of imidazole rings is 1. The lowest BCUT2D eigenvalue weighted by molar-refractivity contribution is 0.750. The van der Waals surface area contributed by atoms with Gasteiger partial charge in [-0.1, -0.05) is 24.6 Å². The van der Waals surface area contributed by atoms with Gasteiger partial charge in [0.05, 0.1) is 12.0 Å². The van der Waals surface area contributed by atoms with Gasteiger partial charge in [-0.15, -0.1) is 0 Å². The smallest absolute Gasteiger partial charge is 0.0995 e. The summed E-state index contributed by atoms with van der Waals surface area (Å²) in [4.78, 5) is 4.37. The first-order valence-corrected chi connectivity index (χ1v) is 5.51. The van der Waals surface area contributed by atoms with E-state index in [1.54, 1.807) is 0 Å². The van der Waals surface area contributed by atoms with Gasteiger partial charge < -0.3 is 10.3 Å². The van der Waals surface area contributed by atoms with E-state index in [9.17, 15) is 0 Å². The van der Waals surface area contributed by atoms with E-state index < -0.39 is 0 Å². The molecule has 3 nitrogen and oxygen atoms in total. The zero-order valence-electron chi connectivity index (χ0n) is 9.72. The Morgan fingerprint density at radius 2 is 2.00 bits per heavy atom. The molecule has 2 aromatic rings. The van der Waals surface area contributed by atoms with E-state index in [1.807, 2.05) is 17.1 Å². The normalized spacial score (nSPS) is 12.7. The second-order valence-electron chi connectivity index (χ2n) is 4.18.